The molecule has 2 amide bonds. The topological polar surface area (TPSA) is 73.2 Å². The second-order valence-electron chi connectivity index (χ2n) is 6.80. The maximum atomic E-state index is 13.3. The van der Waals surface area contributed by atoms with E-state index < -0.39 is 11.8 Å². The molecule has 30 heavy (non-hydrogen) atoms. The van der Waals surface area contributed by atoms with Gasteiger partial charge in [-0.1, -0.05) is 48.0 Å². The number of benzene rings is 3. The molecule has 0 fully saturated rings. The normalized spacial score (nSPS) is 13.6. The summed E-state index contributed by atoms with van der Waals surface area (Å²) in [5, 5.41) is 12.7. The van der Waals surface area contributed by atoms with Crippen LogP contribution < -0.4 is 10.2 Å². The van der Waals surface area contributed by atoms with Crippen LogP contribution in [0.1, 0.15) is 16.7 Å². The first kappa shape index (κ1) is 19.4. The van der Waals surface area contributed by atoms with Crippen molar-refractivity contribution in [2.24, 2.45) is 0 Å². The highest BCUT2D eigenvalue weighted by molar-refractivity contribution is 6.46. The number of aryl methyl sites for hydroxylation is 1. The molecule has 3 aromatic carbocycles. The van der Waals surface area contributed by atoms with Crippen LogP contribution in [0.2, 0.25) is 5.02 Å². The van der Waals surface area contributed by atoms with Crippen molar-refractivity contribution < 1.29 is 9.59 Å². The van der Waals surface area contributed by atoms with Gasteiger partial charge < -0.3 is 5.32 Å². The molecule has 1 N–H and O–H groups in total. The minimum Gasteiger partial charge on any atom is -0.350 e. The van der Waals surface area contributed by atoms with Crippen molar-refractivity contribution in [3.8, 4) is 6.07 Å². The standard InChI is InChI=1S/C24H16ClN3O2/c1-15-7-10-18(25)13-20(15)27-22-21(17-5-3-2-4-6-17)23(29)28(24(22)30)19-11-8-16(14-26)9-12-19/h2-13,27H,1H3. The zero-order chi connectivity index (χ0) is 21.3. The molecule has 1 aliphatic rings. The summed E-state index contributed by atoms with van der Waals surface area (Å²) in [5.41, 5.74) is 3.48. The summed E-state index contributed by atoms with van der Waals surface area (Å²) in [4.78, 5) is 27.8. The lowest BCUT2D eigenvalue weighted by atomic mass is 10.0. The molecule has 4 rings (SSSR count). The predicted molar refractivity (Wildman–Crippen MR) is 117 cm³/mol. The number of nitrogens with zero attached hydrogens (tertiary/aromatic N) is 2. The van der Waals surface area contributed by atoms with E-state index in [1.165, 1.54) is 0 Å². The molecular formula is C24H16ClN3O2. The van der Waals surface area contributed by atoms with Gasteiger partial charge in [-0.3, -0.25) is 9.59 Å². The highest BCUT2D eigenvalue weighted by atomic mass is 35.5. The molecule has 0 atom stereocenters. The first-order valence-electron chi connectivity index (χ1n) is 9.21. The smallest absolute Gasteiger partial charge is 0.282 e. The number of anilines is 2. The van der Waals surface area contributed by atoms with Gasteiger partial charge in [0.1, 0.15) is 5.70 Å². The van der Waals surface area contributed by atoms with Gasteiger partial charge in [0.15, 0.2) is 0 Å². The van der Waals surface area contributed by atoms with E-state index in [9.17, 15) is 9.59 Å². The van der Waals surface area contributed by atoms with E-state index in [0.29, 0.717) is 27.5 Å². The van der Waals surface area contributed by atoms with Crippen LogP contribution in [-0.2, 0) is 9.59 Å². The molecule has 0 unspecified atom stereocenters. The van der Waals surface area contributed by atoms with Crippen LogP contribution in [0.25, 0.3) is 5.57 Å². The van der Waals surface area contributed by atoms with Crippen molar-refractivity contribution >= 4 is 40.4 Å². The van der Waals surface area contributed by atoms with Crippen LogP contribution in [0.4, 0.5) is 11.4 Å². The van der Waals surface area contributed by atoms with Gasteiger partial charge in [0.25, 0.3) is 11.8 Å². The van der Waals surface area contributed by atoms with Gasteiger partial charge in [-0.25, -0.2) is 4.90 Å². The molecule has 6 heteroatoms. The highest BCUT2D eigenvalue weighted by Crippen LogP contribution is 2.34. The molecule has 1 aliphatic heterocycles. The Bertz CT molecular complexity index is 1230. The number of carbonyl (C=O) groups excluding carboxylic acids is 2. The van der Waals surface area contributed by atoms with Gasteiger partial charge in [0.2, 0.25) is 0 Å². The summed E-state index contributed by atoms with van der Waals surface area (Å²) in [5.74, 6) is -0.902. The summed E-state index contributed by atoms with van der Waals surface area (Å²) in [6, 6.07) is 22.7. The molecule has 1 heterocycles. The number of nitriles is 1. The van der Waals surface area contributed by atoms with E-state index in [0.717, 1.165) is 10.5 Å². The first-order valence-corrected chi connectivity index (χ1v) is 9.59. The highest BCUT2D eigenvalue weighted by Gasteiger charge is 2.40. The minimum absolute atomic E-state index is 0.181. The minimum atomic E-state index is -0.470. The number of halogens is 1. The van der Waals surface area contributed by atoms with Crippen molar-refractivity contribution in [1.82, 2.24) is 0 Å². The predicted octanol–water partition coefficient (Wildman–Crippen LogP) is 4.92. The Balaban J connectivity index is 1.82. The van der Waals surface area contributed by atoms with E-state index in [1.807, 2.05) is 37.3 Å². The van der Waals surface area contributed by atoms with Crippen molar-refractivity contribution in [1.29, 1.82) is 5.26 Å². The quantitative estimate of drug-likeness (QED) is 0.616. The van der Waals surface area contributed by atoms with E-state index in [1.54, 1.807) is 48.5 Å². The fourth-order valence-corrected chi connectivity index (χ4v) is 3.47. The second-order valence-corrected chi connectivity index (χ2v) is 7.24. The van der Waals surface area contributed by atoms with Gasteiger partial charge in [-0.05, 0) is 54.4 Å². The van der Waals surface area contributed by atoms with E-state index >= 15 is 0 Å². The monoisotopic (exact) mass is 413 g/mol. The molecule has 0 saturated carbocycles. The number of rotatable bonds is 4. The average Bonchev–Trinajstić information content (AvgIpc) is 3.01. The maximum Gasteiger partial charge on any atom is 0.282 e. The van der Waals surface area contributed by atoms with Gasteiger partial charge in [-0.2, -0.15) is 5.26 Å². The lowest BCUT2D eigenvalue weighted by Gasteiger charge is -2.16. The molecule has 0 aliphatic carbocycles. The number of amides is 2. The lowest BCUT2D eigenvalue weighted by molar-refractivity contribution is -0.120. The molecule has 0 aromatic heterocycles. The average molecular weight is 414 g/mol. The third-order valence-corrected chi connectivity index (χ3v) is 5.10. The molecule has 3 aromatic rings. The maximum absolute atomic E-state index is 13.3. The Hall–Kier alpha value is -3.88. The number of nitrogens with one attached hydrogen (secondary N) is 1. The van der Waals surface area contributed by atoms with Crippen LogP contribution in [0.3, 0.4) is 0 Å². The molecular weight excluding hydrogens is 398 g/mol. The zero-order valence-corrected chi connectivity index (χ0v) is 16.8. The van der Waals surface area contributed by atoms with E-state index in [-0.39, 0.29) is 11.3 Å². The molecule has 0 saturated heterocycles. The Kier molecular flexibility index (Phi) is 5.09. The molecule has 0 spiro atoms. The Labute approximate surface area is 178 Å². The summed E-state index contributed by atoms with van der Waals surface area (Å²) < 4.78 is 0. The Morgan fingerprint density at radius 1 is 0.933 bits per heavy atom. The molecule has 0 radical (unpaired) electrons. The third kappa shape index (κ3) is 3.45. The molecule has 0 bridgehead atoms. The van der Waals surface area contributed by atoms with Crippen LogP contribution in [-0.4, -0.2) is 11.8 Å². The van der Waals surface area contributed by atoms with Crippen molar-refractivity contribution in [2.45, 2.75) is 6.92 Å². The van der Waals surface area contributed by atoms with Crippen molar-refractivity contribution in [3.05, 3.63) is 100 Å². The van der Waals surface area contributed by atoms with E-state index in [2.05, 4.69) is 5.32 Å². The molecule has 5 nitrogen and oxygen atoms in total. The fraction of sp³-hybridized carbons (Fsp3) is 0.0417. The van der Waals surface area contributed by atoms with E-state index in [4.69, 9.17) is 16.9 Å². The van der Waals surface area contributed by atoms with Crippen LogP contribution in [0, 0.1) is 18.3 Å². The Morgan fingerprint density at radius 3 is 2.30 bits per heavy atom. The van der Waals surface area contributed by atoms with Gasteiger partial charge in [0.05, 0.1) is 22.9 Å². The van der Waals surface area contributed by atoms with Crippen molar-refractivity contribution in [3.63, 3.8) is 0 Å². The second kappa shape index (κ2) is 7.86. The number of hydrogen-bond acceptors (Lipinski definition) is 4. The van der Waals surface area contributed by atoms with Crippen LogP contribution >= 0.6 is 11.6 Å². The van der Waals surface area contributed by atoms with Gasteiger partial charge in [-0.15, -0.1) is 0 Å². The first-order chi connectivity index (χ1) is 14.5. The third-order valence-electron chi connectivity index (χ3n) is 4.86. The van der Waals surface area contributed by atoms with Crippen LogP contribution in [0.15, 0.2) is 78.5 Å². The largest absolute Gasteiger partial charge is 0.350 e. The zero-order valence-electron chi connectivity index (χ0n) is 16.0. The summed E-state index contributed by atoms with van der Waals surface area (Å²) in [6.45, 7) is 1.89. The lowest BCUT2D eigenvalue weighted by Crippen LogP contribution is -2.32. The Morgan fingerprint density at radius 2 is 1.63 bits per heavy atom. The summed E-state index contributed by atoms with van der Waals surface area (Å²) >= 11 is 6.13. The van der Waals surface area contributed by atoms with Gasteiger partial charge in [0, 0.05) is 10.7 Å². The van der Waals surface area contributed by atoms with Crippen molar-refractivity contribution in [2.75, 3.05) is 10.2 Å². The summed E-state index contributed by atoms with van der Waals surface area (Å²) in [6.07, 6.45) is 0. The number of imide groups is 1. The number of carbonyl (C=O) groups is 2. The molecule has 146 valence electrons. The summed E-state index contributed by atoms with van der Waals surface area (Å²) in [7, 11) is 0. The fourth-order valence-electron chi connectivity index (χ4n) is 3.30. The number of hydrogen-bond donors (Lipinski definition) is 1. The van der Waals surface area contributed by atoms with Gasteiger partial charge >= 0.3 is 0 Å². The van der Waals surface area contributed by atoms with Crippen LogP contribution in [0.5, 0.6) is 0 Å². The SMILES string of the molecule is Cc1ccc(Cl)cc1NC1=C(c2ccccc2)C(=O)N(c2ccc(C#N)cc2)C1=O.